The van der Waals surface area contributed by atoms with Crippen LogP contribution in [0.3, 0.4) is 0 Å². The quantitative estimate of drug-likeness (QED) is 0.321. The second-order valence-electron chi connectivity index (χ2n) is 7.15. The van der Waals surface area contributed by atoms with Crippen LogP contribution in [0, 0.1) is 6.92 Å². The van der Waals surface area contributed by atoms with Gasteiger partial charge in [-0.05, 0) is 44.7 Å². The van der Waals surface area contributed by atoms with Crippen LogP contribution in [0.2, 0.25) is 0 Å². The van der Waals surface area contributed by atoms with Gasteiger partial charge < -0.3 is 19.9 Å². The molecule has 0 saturated carbocycles. The van der Waals surface area contributed by atoms with Gasteiger partial charge in [-0.25, -0.2) is 4.99 Å². The van der Waals surface area contributed by atoms with E-state index in [-0.39, 0.29) is 24.0 Å². The molecule has 1 aliphatic rings. The number of halogens is 1. The molecule has 1 aromatic carbocycles. The summed E-state index contributed by atoms with van der Waals surface area (Å²) in [6.07, 6.45) is 4.41. The summed E-state index contributed by atoms with van der Waals surface area (Å²) >= 11 is 0. The lowest BCUT2D eigenvalue weighted by Gasteiger charge is -2.16. The van der Waals surface area contributed by atoms with Crippen molar-refractivity contribution < 1.29 is 4.74 Å². The number of ether oxygens (including phenoxy) is 1. The number of nitrogens with zero attached hydrogens (tertiary/aromatic N) is 4. The fourth-order valence-electron chi connectivity index (χ4n) is 3.31. The number of fused-ring (bicyclic) bond motifs is 1. The van der Waals surface area contributed by atoms with E-state index < -0.39 is 0 Å². The fourth-order valence-corrected chi connectivity index (χ4v) is 3.31. The van der Waals surface area contributed by atoms with Gasteiger partial charge in [0.1, 0.15) is 11.6 Å². The third-order valence-electron chi connectivity index (χ3n) is 4.79. The third-order valence-corrected chi connectivity index (χ3v) is 4.79. The Balaban J connectivity index is 0.00000300. The number of benzene rings is 1. The zero-order valence-corrected chi connectivity index (χ0v) is 20.0. The van der Waals surface area contributed by atoms with Crippen molar-refractivity contribution >= 4 is 29.9 Å². The molecule has 0 fully saturated rings. The smallest absolute Gasteiger partial charge is 0.191 e. The standard InChI is InChI=1S/C21H32N6O.HI/c1-4-12-28-18-13-16(3)9-10-17(18)14-23-21(22-5-2)24-15-20-26-25-19-8-6-7-11-27(19)20;/h9-10,13H,4-8,11-12,14-15H2,1-3H3,(H2,22,23,24);1H. The average Bonchev–Trinajstić information content (AvgIpc) is 3.12. The lowest BCUT2D eigenvalue weighted by molar-refractivity contribution is 0.314. The van der Waals surface area contributed by atoms with Crippen molar-refractivity contribution in [3.63, 3.8) is 0 Å². The summed E-state index contributed by atoms with van der Waals surface area (Å²) in [5.74, 6) is 3.77. The first-order valence-electron chi connectivity index (χ1n) is 10.4. The summed E-state index contributed by atoms with van der Waals surface area (Å²) in [5, 5.41) is 15.4. The van der Waals surface area contributed by atoms with Gasteiger partial charge in [0.25, 0.3) is 0 Å². The van der Waals surface area contributed by atoms with Gasteiger partial charge in [-0.3, -0.25) is 0 Å². The highest BCUT2D eigenvalue weighted by Crippen LogP contribution is 2.21. The Morgan fingerprint density at radius 3 is 2.86 bits per heavy atom. The SMILES string of the molecule is CCCOc1cc(C)ccc1CN=C(NCC)NCc1nnc2n1CCCC2.I. The Morgan fingerprint density at radius 1 is 1.21 bits per heavy atom. The summed E-state index contributed by atoms with van der Waals surface area (Å²) in [5.41, 5.74) is 2.29. The van der Waals surface area contributed by atoms with Gasteiger partial charge in [0.15, 0.2) is 11.8 Å². The first-order chi connectivity index (χ1) is 13.7. The van der Waals surface area contributed by atoms with E-state index in [1.54, 1.807) is 0 Å². The molecule has 1 aromatic heterocycles. The molecule has 160 valence electrons. The monoisotopic (exact) mass is 512 g/mol. The molecule has 2 aromatic rings. The Kier molecular flexibility index (Phi) is 9.69. The molecule has 0 unspecified atom stereocenters. The van der Waals surface area contributed by atoms with E-state index in [0.717, 1.165) is 61.5 Å². The zero-order chi connectivity index (χ0) is 19.8. The maximum atomic E-state index is 5.91. The maximum Gasteiger partial charge on any atom is 0.191 e. The predicted octanol–water partition coefficient (Wildman–Crippen LogP) is 3.58. The average molecular weight is 512 g/mol. The number of aromatic nitrogens is 3. The first-order valence-corrected chi connectivity index (χ1v) is 10.4. The molecule has 2 N–H and O–H groups in total. The van der Waals surface area contributed by atoms with Crippen LogP contribution in [-0.2, 0) is 26.1 Å². The van der Waals surface area contributed by atoms with Gasteiger partial charge in [0, 0.05) is 25.1 Å². The van der Waals surface area contributed by atoms with Crippen LogP contribution in [0.1, 0.15) is 55.9 Å². The highest BCUT2D eigenvalue weighted by Gasteiger charge is 2.15. The van der Waals surface area contributed by atoms with Gasteiger partial charge in [0.2, 0.25) is 0 Å². The van der Waals surface area contributed by atoms with Crippen LogP contribution in [0.4, 0.5) is 0 Å². The molecule has 0 bridgehead atoms. The van der Waals surface area contributed by atoms with Crippen molar-refractivity contribution in [3.05, 3.63) is 41.0 Å². The largest absolute Gasteiger partial charge is 0.493 e. The van der Waals surface area contributed by atoms with E-state index in [0.29, 0.717) is 13.1 Å². The lowest BCUT2D eigenvalue weighted by Crippen LogP contribution is -2.37. The third kappa shape index (κ3) is 6.58. The van der Waals surface area contributed by atoms with Gasteiger partial charge >= 0.3 is 0 Å². The van der Waals surface area contributed by atoms with Crippen LogP contribution < -0.4 is 15.4 Å². The van der Waals surface area contributed by atoms with Crippen LogP contribution >= 0.6 is 24.0 Å². The van der Waals surface area contributed by atoms with Gasteiger partial charge in [0.05, 0.1) is 19.7 Å². The molecule has 8 heteroatoms. The normalized spacial score (nSPS) is 13.4. The fraction of sp³-hybridized carbons (Fsp3) is 0.571. The molecule has 29 heavy (non-hydrogen) atoms. The number of nitrogens with one attached hydrogen (secondary N) is 2. The summed E-state index contributed by atoms with van der Waals surface area (Å²) in [6, 6.07) is 6.29. The topological polar surface area (TPSA) is 76.4 Å². The van der Waals surface area contributed by atoms with Crippen LogP contribution in [0.5, 0.6) is 5.75 Å². The molecule has 0 atom stereocenters. The molecule has 0 aliphatic carbocycles. The van der Waals surface area contributed by atoms with Gasteiger partial charge in [-0.2, -0.15) is 0 Å². The zero-order valence-electron chi connectivity index (χ0n) is 17.7. The summed E-state index contributed by atoms with van der Waals surface area (Å²) in [4.78, 5) is 4.75. The van der Waals surface area contributed by atoms with Crippen molar-refractivity contribution in [1.29, 1.82) is 0 Å². The second-order valence-corrected chi connectivity index (χ2v) is 7.15. The van der Waals surface area contributed by atoms with Crippen LogP contribution in [-0.4, -0.2) is 33.9 Å². The van der Waals surface area contributed by atoms with Crippen molar-refractivity contribution in [2.45, 2.75) is 66.1 Å². The van der Waals surface area contributed by atoms with Gasteiger partial charge in [-0.1, -0.05) is 19.1 Å². The number of hydrogen-bond acceptors (Lipinski definition) is 4. The molecule has 0 amide bonds. The Hall–Kier alpha value is -1.84. The van der Waals surface area contributed by atoms with Crippen molar-refractivity contribution in [2.75, 3.05) is 13.2 Å². The maximum absolute atomic E-state index is 5.91. The predicted molar refractivity (Wildman–Crippen MR) is 127 cm³/mol. The molecule has 3 rings (SSSR count). The minimum Gasteiger partial charge on any atom is -0.493 e. The summed E-state index contributed by atoms with van der Waals surface area (Å²) < 4.78 is 8.14. The van der Waals surface area contributed by atoms with E-state index >= 15 is 0 Å². The Labute approximate surface area is 190 Å². The van der Waals surface area contributed by atoms with Crippen molar-refractivity contribution in [3.8, 4) is 5.75 Å². The summed E-state index contributed by atoms with van der Waals surface area (Å²) in [6.45, 7) is 9.97. The van der Waals surface area contributed by atoms with E-state index in [4.69, 9.17) is 9.73 Å². The number of guanidine groups is 1. The molecule has 0 radical (unpaired) electrons. The lowest BCUT2D eigenvalue weighted by atomic mass is 10.1. The van der Waals surface area contributed by atoms with Crippen LogP contribution in [0.15, 0.2) is 23.2 Å². The van der Waals surface area contributed by atoms with E-state index in [2.05, 4.69) is 64.4 Å². The number of hydrogen-bond donors (Lipinski definition) is 2. The highest BCUT2D eigenvalue weighted by atomic mass is 127. The van der Waals surface area contributed by atoms with E-state index in [1.807, 2.05) is 0 Å². The van der Waals surface area contributed by atoms with Crippen molar-refractivity contribution in [1.82, 2.24) is 25.4 Å². The molecular weight excluding hydrogens is 479 g/mol. The Bertz CT molecular complexity index is 804. The molecule has 0 spiro atoms. The molecule has 0 saturated heterocycles. The van der Waals surface area contributed by atoms with Crippen molar-refractivity contribution in [2.24, 2.45) is 4.99 Å². The van der Waals surface area contributed by atoms with E-state index in [9.17, 15) is 0 Å². The summed E-state index contributed by atoms with van der Waals surface area (Å²) in [7, 11) is 0. The molecular formula is C21H33IN6O. The van der Waals surface area contributed by atoms with E-state index in [1.165, 1.54) is 18.4 Å². The second kappa shape index (κ2) is 12.0. The minimum atomic E-state index is 0. The Morgan fingerprint density at radius 2 is 2.07 bits per heavy atom. The number of aliphatic imine (C=N–C) groups is 1. The molecule has 1 aliphatic heterocycles. The van der Waals surface area contributed by atoms with Crippen LogP contribution in [0.25, 0.3) is 0 Å². The minimum absolute atomic E-state index is 0. The first kappa shape index (κ1) is 23.4. The number of rotatable bonds is 8. The van der Waals surface area contributed by atoms with Gasteiger partial charge in [-0.15, -0.1) is 34.2 Å². The molecule has 7 nitrogen and oxygen atoms in total. The highest BCUT2D eigenvalue weighted by molar-refractivity contribution is 14.0. The molecule has 2 heterocycles. The number of aryl methyl sites for hydroxylation is 2.